The molecule has 1 aliphatic carbocycles. The van der Waals surface area contributed by atoms with Gasteiger partial charge in [-0.15, -0.1) is 0 Å². The number of allylic oxidation sites excluding steroid dienone is 2. The summed E-state index contributed by atoms with van der Waals surface area (Å²) in [6, 6.07) is 0. The minimum Gasteiger partial charge on any atom is -0.374 e. The van der Waals surface area contributed by atoms with Crippen LogP contribution in [0, 0.1) is 0 Å². The summed E-state index contributed by atoms with van der Waals surface area (Å²) in [4.78, 5) is 12.5. The van der Waals surface area contributed by atoms with E-state index in [2.05, 4.69) is 12.2 Å². The number of ether oxygens (including phenoxy) is 2. The Kier molecular flexibility index (Phi) is 4.14. The SMILES string of the molecule is O=C1/C(=C/C2CCCO2)CCC/C1=C\C1CCCO1. The summed E-state index contributed by atoms with van der Waals surface area (Å²) in [6.45, 7) is 1.67. The summed E-state index contributed by atoms with van der Waals surface area (Å²) >= 11 is 0. The minimum absolute atomic E-state index is 0.168. The molecule has 2 atom stereocenters. The van der Waals surface area contributed by atoms with Crippen molar-refractivity contribution in [1.29, 1.82) is 0 Å². The van der Waals surface area contributed by atoms with Gasteiger partial charge in [0.05, 0.1) is 12.2 Å². The quantitative estimate of drug-likeness (QED) is 0.718. The van der Waals surface area contributed by atoms with Crippen LogP contribution in [0.5, 0.6) is 0 Å². The van der Waals surface area contributed by atoms with Crippen molar-refractivity contribution in [3.63, 3.8) is 0 Å². The Hall–Kier alpha value is -0.930. The van der Waals surface area contributed by atoms with E-state index in [-0.39, 0.29) is 18.0 Å². The van der Waals surface area contributed by atoms with Gasteiger partial charge in [-0.05, 0) is 68.2 Å². The van der Waals surface area contributed by atoms with Gasteiger partial charge in [0.25, 0.3) is 0 Å². The first-order valence-electron chi connectivity index (χ1n) is 7.52. The fraction of sp³-hybridized carbons (Fsp3) is 0.688. The number of carbonyl (C=O) groups excluding carboxylic acids is 1. The van der Waals surface area contributed by atoms with E-state index in [1.54, 1.807) is 0 Å². The highest BCUT2D eigenvalue weighted by molar-refractivity contribution is 6.09. The summed E-state index contributed by atoms with van der Waals surface area (Å²) in [6.07, 6.45) is 11.7. The lowest BCUT2D eigenvalue weighted by molar-refractivity contribution is -0.113. The third-order valence-electron chi connectivity index (χ3n) is 4.18. The number of hydrogen-bond acceptors (Lipinski definition) is 3. The Labute approximate surface area is 114 Å². The van der Waals surface area contributed by atoms with E-state index in [1.165, 1.54) is 0 Å². The molecule has 0 spiro atoms. The zero-order valence-corrected chi connectivity index (χ0v) is 11.4. The fourth-order valence-electron chi connectivity index (χ4n) is 3.14. The molecular formula is C16H22O3. The molecule has 0 aromatic carbocycles. The van der Waals surface area contributed by atoms with Crippen molar-refractivity contribution in [2.45, 2.75) is 57.2 Å². The molecule has 104 valence electrons. The van der Waals surface area contributed by atoms with Gasteiger partial charge in [-0.3, -0.25) is 4.79 Å². The van der Waals surface area contributed by atoms with E-state index in [0.717, 1.165) is 69.3 Å². The van der Waals surface area contributed by atoms with Gasteiger partial charge in [0, 0.05) is 13.2 Å². The van der Waals surface area contributed by atoms with E-state index in [1.807, 2.05) is 0 Å². The average molecular weight is 262 g/mol. The number of rotatable bonds is 2. The Balaban J connectivity index is 1.71. The van der Waals surface area contributed by atoms with E-state index in [4.69, 9.17) is 9.47 Å². The molecule has 2 saturated heterocycles. The molecule has 2 aliphatic heterocycles. The molecular weight excluding hydrogens is 240 g/mol. The van der Waals surface area contributed by atoms with Crippen molar-refractivity contribution in [1.82, 2.24) is 0 Å². The fourth-order valence-corrected chi connectivity index (χ4v) is 3.14. The normalized spacial score (nSPS) is 36.5. The van der Waals surface area contributed by atoms with Gasteiger partial charge in [0.15, 0.2) is 5.78 Å². The van der Waals surface area contributed by atoms with Gasteiger partial charge in [-0.25, -0.2) is 0 Å². The first kappa shape index (κ1) is 13.1. The minimum atomic E-state index is 0.168. The number of Topliss-reactive ketones (excluding diaryl/α,β-unsaturated/α-hetero) is 1. The van der Waals surface area contributed by atoms with E-state index in [9.17, 15) is 4.79 Å². The maximum Gasteiger partial charge on any atom is 0.184 e. The second kappa shape index (κ2) is 6.02. The van der Waals surface area contributed by atoms with Gasteiger partial charge in [-0.1, -0.05) is 0 Å². The molecule has 0 aromatic rings. The average Bonchev–Trinajstić information content (AvgIpc) is 3.07. The Morgan fingerprint density at radius 3 is 1.79 bits per heavy atom. The van der Waals surface area contributed by atoms with E-state index in [0.29, 0.717) is 0 Å². The van der Waals surface area contributed by atoms with Crippen LogP contribution in [0.4, 0.5) is 0 Å². The molecule has 3 nitrogen and oxygen atoms in total. The molecule has 3 heteroatoms. The first-order chi connectivity index (χ1) is 9.33. The largest absolute Gasteiger partial charge is 0.374 e. The first-order valence-corrected chi connectivity index (χ1v) is 7.52. The van der Waals surface area contributed by atoms with Crippen LogP contribution in [0.1, 0.15) is 44.9 Å². The predicted octanol–water partition coefficient (Wildman–Crippen LogP) is 2.95. The van der Waals surface area contributed by atoms with Crippen LogP contribution in [-0.4, -0.2) is 31.2 Å². The van der Waals surface area contributed by atoms with Crippen LogP contribution in [0.15, 0.2) is 23.3 Å². The van der Waals surface area contributed by atoms with Crippen LogP contribution >= 0.6 is 0 Å². The van der Waals surface area contributed by atoms with Crippen LogP contribution in [0.25, 0.3) is 0 Å². The summed E-state index contributed by atoms with van der Waals surface area (Å²) < 4.78 is 11.2. The van der Waals surface area contributed by atoms with Gasteiger partial charge >= 0.3 is 0 Å². The molecule has 3 fully saturated rings. The lowest BCUT2D eigenvalue weighted by atomic mass is 9.87. The van der Waals surface area contributed by atoms with Crippen LogP contribution in [0.3, 0.4) is 0 Å². The molecule has 0 N–H and O–H groups in total. The summed E-state index contributed by atoms with van der Waals surface area (Å²) in [5, 5.41) is 0. The summed E-state index contributed by atoms with van der Waals surface area (Å²) in [5.74, 6) is 0.234. The molecule has 0 aromatic heterocycles. The van der Waals surface area contributed by atoms with Crippen molar-refractivity contribution >= 4 is 5.78 Å². The van der Waals surface area contributed by atoms with E-state index >= 15 is 0 Å². The molecule has 0 bridgehead atoms. The van der Waals surface area contributed by atoms with Gasteiger partial charge in [-0.2, -0.15) is 0 Å². The highest BCUT2D eigenvalue weighted by Crippen LogP contribution is 2.28. The smallest absolute Gasteiger partial charge is 0.184 e. The molecule has 3 aliphatic rings. The van der Waals surface area contributed by atoms with Gasteiger partial charge in [0.2, 0.25) is 0 Å². The van der Waals surface area contributed by atoms with Crippen molar-refractivity contribution in [2.75, 3.05) is 13.2 Å². The van der Waals surface area contributed by atoms with E-state index < -0.39 is 0 Å². The highest BCUT2D eigenvalue weighted by Gasteiger charge is 2.24. The van der Waals surface area contributed by atoms with Crippen LogP contribution < -0.4 is 0 Å². The van der Waals surface area contributed by atoms with Crippen molar-refractivity contribution in [2.24, 2.45) is 0 Å². The number of hydrogen-bond donors (Lipinski definition) is 0. The second-order valence-electron chi connectivity index (χ2n) is 5.67. The summed E-state index contributed by atoms with van der Waals surface area (Å²) in [7, 11) is 0. The molecule has 2 heterocycles. The highest BCUT2D eigenvalue weighted by atomic mass is 16.5. The standard InChI is InChI=1S/C16H22O3/c17-16-12(10-14-6-2-8-18-14)4-1-5-13(16)11-15-7-3-9-19-15/h10-11,14-15H,1-9H2/b12-10+,13-11+. The van der Waals surface area contributed by atoms with Crippen LogP contribution in [-0.2, 0) is 14.3 Å². The second-order valence-corrected chi connectivity index (χ2v) is 5.67. The summed E-state index contributed by atoms with van der Waals surface area (Å²) in [5.41, 5.74) is 1.92. The number of ketones is 1. The lowest BCUT2D eigenvalue weighted by Gasteiger charge is -2.18. The zero-order valence-electron chi connectivity index (χ0n) is 11.4. The van der Waals surface area contributed by atoms with Crippen molar-refractivity contribution in [3.05, 3.63) is 23.3 Å². The molecule has 3 rings (SSSR count). The molecule has 0 amide bonds. The van der Waals surface area contributed by atoms with Crippen molar-refractivity contribution < 1.29 is 14.3 Å². The third-order valence-corrected chi connectivity index (χ3v) is 4.18. The van der Waals surface area contributed by atoms with Crippen LogP contribution in [0.2, 0.25) is 0 Å². The maximum atomic E-state index is 12.5. The lowest BCUT2D eigenvalue weighted by Crippen LogP contribution is -2.17. The Morgan fingerprint density at radius 1 is 0.842 bits per heavy atom. The molecule has 1 saturated carbocycles. The van der Waals surface area contributed by atoms with Crippen molar-refractivity contribution in [3.8, 4) is 0 Å². The Bertz CT molecular complexity index is 360. The molecule has 2 unspecified atom stereocenters. The van der Waals surface area contributed by atoms with Gasteiger partial charge in [0.1, 0.15) is 0 Å². The maximum absolute atomic E-state index is 12.5. The molecule has 19 heavy (non-hydrogen) atoms. The van der Waals surface area contributed by atoms with Gasteiger partial charge < -0.3 is 9.47 Å². The third kappa shape index (κ3) is 3.15. The Morgan fingerprint density at radius 2 is 1.37 bits per heavy atom. The molecule has 0 radical (unpaired) electrons. The monoisotopic (exact) mass is 262 g/mol. The predicted molar refractivity (Wildman–Crippen MR) is 73.0 cm³/mol. The number of carbonyl (C=O) groups is 1. The topological polar surface area (TPSA) is 35.5 Å². The zero-order chi connectivity index (χ0) is 13.1.